The molecule has 0 saturated carbocycles. The number of amides is 2. The lowest BCUT2D eigenvalue weighted by Crippen LogP contribution is -2.48. The molecule has 8 heteroatoms. The second kappa shape index (κ2) is 8.61. The van der Waals surface area contributed by atoms with Gasteiger partial charge >= 0.3 is 6.03 Å². The summed E-state index contributed by atoms with van der Waals surface area (Å²) in [6, 6.07) is 14.4. The first-order valence-electron chi connectivity index (χ1n) is 10.7. The van der Waals surface area contributed by atoms with E-state index in [9.17, 15) is 13.2 Å². The van der Waals surface area contributed by atoms with Crippen LogP contribution in [0.4, 0.5) is 10.5 Å². The number of carbonyl (C=O) groups excluding carboxylic acids is 1. The minimum absolute atomic E-state index is 0.203. The average molecular weight is 443 g/mol. The van der Waals surface area contributed by atoms with Crippen molar-refractivity contribution in [2.24, 2.45) is 0 Å². The Balaban J connectivity index is 1.43. The second-order valence-corrected chi connectivity index (χ2v) is 10.8. The van der Waals surface area contributed by atoms with E-state index in [1.807, 2.05) is 26.1 Å². The van der Waals surface area contributed by atoms with Crippen LogP contribution in [-0.4, -0.2) is 62.4 Å². The molecule has 0 radical (unpaired) electrons. The smallest absolute Gasteiger partial charge is 0.319 e. The topological polar surface area (TPSA) is 81.8 Å². The Morgan fingerprint density at radius 1 is 0.968 bits per heavy atom. The van der Waals surface area contributed by atoms with Gasteiger partial charge in [0.15, 0.2) is 0 Å². The van der Waals surface area contributed by atoms with Gasteiger partial charge < -0.3 is 15.5 Å². The van der Waals surface area contributed by atoms with Crippen LogP contribution in [0.3, 0.4) is 0 Å². The van der Waals surface area contributed by atoms with Crippen molar-refractivity contribution in [2.45, 2.75) is 36.6 Å². The van der Waals surface area contributed by atoms with Crippen molar-refractivity contribution in [1.82, 2.24) is 14.5 Å². The standard InChI is InChI=1S/C23H30N4O3S/c1-23(16-18-7-3-4-8-19(18)17-23)25-22(28)24-20-9-5-10-21(15-20)31(29,30)27-12-6-11-26(2)13-14-27/h3-5,7-10,15H,6,11-14,16-17H2,1-2H3,(H2,24,25,28). The lowest BCUT2D eigenvalue weighted by molar-refractivity contribution is 0.240. The number of carbonyl (C=O) groups is 1. The highest BCUT2D eigenvalue weighted by Crippen LogP contribution is 2.29. The van der Waals surface area contributed by atoms with Crippen LogP contribution in [-0.2, 0) is 22.9 Å². The third-order valence-electron chi connectivity index (χ3n) is 6.10. The van der Waals surface area contributed by atoms with Crippen LogP contribution in [0.5, 0.6) is 0 Å². The summed E-state index contributed by atoms with van der Waals surface area (Å²) in [6.07, 6.45) is 2.35. The lowest BCUT2D eigenvalue weighted by Gasteiger charge is -2.25. The van der Waals surface area contributed by atoms with Crippen molar-refractivity contribution in [3.8, 4) is 0 Å². The predicted molar refractivity (Wildman–Crippen MR) is 122 cm³/mol. The summed E-state index contributed by atoms with van der Waals surface area (Å²) in [5.41, 5.74) is 2.60. The molecule has 7 nitrogen and oxygen atoms in total. The van der Waals surface area contributed by atoms with Crippen molar-refractivity contribution in [1.29, 1.82) is 0 Å². The fourth-order valence-electron chi connectivity index (χ4n) is 4.48. The monoisotopic (exact) mass is 442 g/mol. The number of nitrogens with zero attached hydrogens (tertiary/aromatic N) is 2. The molecule has 0 aromatic heterocycles. The quantitative estimate of drug-likeness (QED) is 0.763. The molecule has 0 unspecified atom stereocenters. The number of hydrogen-bond donors (Lipinski definition) is 2. The zero-order chi connectivity index (χ0) is 22.1. The molecule has 4 rings (SSSR count). The molecule has 166 valence electrons. The summed E-state index contributed by atoms with van der Waals surface area (Å²) in [5.74, 6) is 0. The van der Waals surface area contributed by atoms with Gasteiger partial charge in [-0.05, 0) is 69.1 Å². The molecule has 2 aromatic carbocycles. The van der Waals surface area contributed by atoms with E-state index < -0.39 is 10.0 Å². The summed E-state index contributed by atoms with van der Waals surface area (Å²) in [7, 11) is -1.60. The van der Waals surface area contributed by atoms with E-state index in [0.29, 0.717) is 25.3 Å². The summed E-state index contributed by atoms with van der Waals surface area (Å²) >= 11 is 0. The lowest BCUT2D eigenvalue weighted by atomic mass is 9.99. The van der Waals surface area contributed by atoms with Gasteiger partial charge in [-0.2, -0.15) is 4.31 Å². The van der Waals surface area contributed by atoms with Crippen LogP contribution in [0.15, 0.2) is 53.4 Å². The molecule has 2 N–H and O–H groups in total. The van der Waals surface area contributed by atoms with Gasteiger partial charge in [0.05, 0.1) is 4.90 Å². The number of benzene rings is 2. The van der Waals surface area contributed by atoms with Gasteiger partial charge in [-0.15, -0.1) is 0 Å². The van der Waals surface area contributed by atoms with Crippen molar-refractivity contribution >= 4 is 21.7 Å². The van der Waals surface area contributed by atoms with Gasteiger partial charge in [0, 0.05) is 30.9 Å². The maximum absolute atomic E-state index is 13.1. The van der Waals surface area contributed by atoms with Gasteiger partial charge in [-0.1, -0.05) is 30.3 Å². The normalized spacial score (nSPS) is 19.4. The molecule has 0 atom stereocenters. The third kappa shape index (κ3) is 4.92. The Hall–Kier alpha value is -2.42. The Morgan fingerprint density at radius 2 is 1.68 bits per heavy atom. The van der Waals surface area contributed by atoms with Crippen LogP contribution in [0, 0.1) is 0 Å². The molecule has 2 aliphatic rings. The second-order valence-electron chi connectivity index (χ2n) is 8.85. The maximum Gasteiger partial charge on any atom is 0.319 e. The van der Waals surface area contributed by atoms with Crippen LogP contribution < -0.4 is 10.6 Å². The van der Waals surface area contributed by atoms with Crippen molar-refractivity contribution in [2.75, 3.05) is 38.5 Å². The number of hydrogen-bond acceptors (Lipinski definition) is 4. The van der Waals surface area contributed by atoms with Crippen LogP contribution in [0.1, 0.15) is 24.5 Å². The SMILES string of the molecule is CN1CCCN(S(=O)(=O)c2cccc(NC(=O)NC3(C)Cc4ccccc4C3)c2)CC1. The number of nitrogens with one attached hydrogen (secondary N) is 2. The van der Waals surface area contributed by atoms with E-state index in [0.717, 1.165) is 25.8 Å². The molecule has 0 bridgehead atoms. The van der Waals surface area contributed by atoms with E-state index in [-0.39, 0.29) is 16.5 Å². The fraction of sp³-hybridized carbons (Fsp3) is 0.435. The fourth-order valence-corrected chi connectivity index (χ4v) is 5.99. The molecule has 1 aliphatic carbocycles. The van der Waals surface area contributed by atoms with Crippen molar-refractivity contribution < 1.29 is 13.2 Å². The summed E-state index contributed by atoms with van der Waals surface area (Å²) in [4.78, 5) is 15.0. The molecule has 2 amide bonds. The van der Waals surface area contributed by atoms with Gasteiger partial charge in [0.25, 0.3) is 0 Å². The summed E-state index contributed by atoms with van der Waals surface area (Å²) < 4.78 is 27.8. The molecular formula is C23H30N4O3S. The van der Waals surface area contributed by atoms with Crippen molar-refractivity contribution in [3.05, 3.63) is 59.7 Å². The van der Waals surface area contributed by atoms with Crippen LogP contribution >= 0.6 is 0 Å². The largest absolute Gasteiger partial charge is 0.332 e. The Bertz CT molecular complexity index is 1040. The zero-order valence-corrected chi connectivity index (χ0v) is 18.9. The van der Waals surface area contributed by atoms with E-state index in [1.54, 1.807) is 18.2 Å². The molecule has 1 heterocycles. The minimum Gasteiger partial charge on any atom is -0.332 e. The molecule has 1 aliphatic heterocycles. The molecule has 0 spiro atoms. The Labute approximate surface area is 184 Å². The number of urea groups is 1. The first kappa shape index (κ1) is 21.8. The minimum atomic E-state index is -3.60. The van der Waals surface area contributed by atoms with Gasteiger partial charge in [0.1, 0.15) is 0 Å². The van der Waals surface area contributed by atoms with E-state index in [2.05, 4.69) is 27.7 Å². The van der Waals surface area contributed by atoms with Gasteiger partial charge in [0.2, 0.25) is 10.0 Å². The number of anilines is 1. The first-order valence-corrected chi connectivity index (χ1v) is 12.1. The zero-order valence-electron chi connectivity index (χ0n) is 18.1. The van der Waals surface area contributed by atoms with E-state index in [1.165, 1.54) is 21.5 Å². The number of rotatable bonds is 4. The van der Waals surface area contributed by atoms with E-state index in [4.69, 9.17) is 0 Å². The molecule has 2 aromatic rings. The van der Waals surface area contributed by atoms with Crippen LogP contribution in [0.25, 0.3) is 0 Å². The predicted octanol–water partition coefficient (Wildman–Crippen LogP) is 2.69. The first-order chi connectivity index (χ1) is 14.7. The molecule has 1 saturated heterocycles. The van der Waals surface area contributed by atoms with Gasteiger partial charge in [-0.3, -0.25) is 0 Å². The summed E-state index contributed by atoms with van der Waals surface area (Å²) in [5, 5.41) is 5.88. The highest BCUT2D eigenvalue weighted by molar-refractivity contribution is 7.89. The molecular weight excluding hydrogens is 412 g/mol. The van der Waals surface area contributed by atoms with Gasteiger partial charge in [-0.25, -0.2) is 13.2 Å². The highest BCUT2D eigenvalue weighted by atomic mass is 32.2. The number of fused-ring (bicyclic) bond motifs is 1. The molecule has 31 heavy (non-hydrogen) atoms. The Morgan fingerprint density at radius 3 is 2.39 bits per heavy atom. The van der Waals surface area contributed by atoms with E-state index >= 15 is 0 Å². The highest BCUT2D eigenvalue weighted by Gasteiger charge is 2.34. The number of sulfonamides is 1. The maximum atomic E-state index is 13.1. The summed E-state index contributed by atoms with van der Waals surface area (Å²) in [6.45, 7) is 4.60. The van der Waals surface area contributed by atoms with Crippen molar-refractivity contribution in [3.63, 3.8) is 0 Å². The Kier molecular flexibility index (Phi) is 6.05. The molecule has 1 fully saturated rings. The van der Waals surface area contributed by atoms with Crippen LogP contribution in [0.2, 0.25) is 0 Å². The third-order valence-corrected chi connectivity index (χ3v) is 8.00. The average Bonchev–Trinajstić information content (AvgIpc) is 2.88. The number of likely N-dealkylation sites (N-methyl/N-ethyl adjacent to an activating group) is 1.